The van der Waals surface area contributed by atoms with Crippen LogP contribution in [0.5, 0.6) is 5.75 Å². The highest BCUT2D eigenvalue weighted by Gasteiger charge is 2.17. The summed E-state index contributed by atoms with van der Waals surface area (Å²) in [6, 6.07) is 5.57. The average Bonchev–Trinajstić information content (AvgIpc) is 2.39. The summed E-state index contributed by atoms with van der Waals surface area (Å²) >= 11 is 0. The van der Waals surface area contributed by atoms with Gasteiger partial charge in [0.25, 0.3) is 0 Å². The first-order chi connectivity index (χ1) is 8.22. The monoisotopic (exact) mass is 234 g/mol. The van der Waals surface area contributed by atoms with E-state index in [1.807, 2.05) is 0 Å². The smallest absolute Gasteiger partial charge is 0.161 e. The molecule has 4 nitrogen and oxygen atoms in total. The van der Waals surface area contributed by atoms with Crippen molar-refractivity contribution in [3.63, 3.8) is 0 Å². The third-order valence-electron chi connectivity index (χ3n) is 2.32. The van der Waals surface area contributed by atoms with Gasteiger partial charge in [-0.25, -0.2) is 14.4 Å². The van der Waals surface area contributed by atoms with Crippen LogP contribution in [-0.4, -0.2) is 22.2 Å². The van der Waals surface area contributed by atoms with Gasteiger partial charge in [0.2, 0.25) is 0 Å². The summed E-state index contributed by atoms with van der Waals surface area (Å²) in [6.07, 6.45) is 2.02. The molecule has 0 radical (unpaired) electrons. The Kier molecular flexibility index (Phi) is 3.30. The van der Waals surface area contributed by atoms with Crippen LogP contribution in [0.15, 0.2) is 36.7 Å². The zero-order chi connectivity index (χ0) is 12.3. The quantitative estimate of drug-likeness (QED) is 0.878. The molecular weight excluding hydrogens is 223 g/mol. The lowest BCUT2D eigenvalue weighted by atomic mass is 10.1. The predicted octanol–water partition coefficient (Wildman–Crippen LogP) is 1.71. The second kappa shape index (κ2) is 4.88. The summed E-state index contributed by atoms with van der Waals surface area (Å²) in [7, 11) is 1.41. The lowest BCUT2D eigenvalue weighted by molar-refractivity contribution is 0.204. The molecule has 17 heavy (non-hydrogen) atoms. The highest BCUT2D eigenvalue weighted by atomic mass is 19.1. The Hall–Kier alpha value is -2.01. The normalized spacial score (nSPS) is 12.2. The van der Waals surface area contributed by atoms with Gasteiger partial charge in [0.05, 0.1) is 7.11 Å². The first kappa shape index (κ1) is 11.5. The molecule has 5 heteroatoms. The molecule has 0 saturated carbocycles. The van der Waals surface area contributed by atoms with E-state index < -0.39 is 11.9 Å². The van der Waals surface area contributed by atoms with Crippen molar-refractivity contribution >= 4 is 0 Å². The highest BCUT2D eigenvalue weighted by Crippen LogP contribution is 2.28. The van der Waals surface area contributed by atoms with E-state index in [0.29, 0.717) is 5.56 Å². The van der Waals surface area contributed by atoms with Gasteiger partial charge in [0.15, 0.2) is 5.82 Å². The number of methoxy groups -OCH3 is 1. The molecule has 1 unspecified atom stereocenters. The van der Waals surface area contributed by atoms with Gasteiger partial charge in [-0.1, -0.05) is 0 Å². The summed E-state index contributed by atoms with van der Waals surface area (Å²) in [5.74, 6) is 0.0918. The molecule has 0 saturated heterocycles. The van der Waals surface area contributed by atoms with Crippen molar-refractivity contribution in [2.45, 2.75) is 6.10 Å². The summed E-state index contributed by atoms with van der Waals surface area (Å²) in [5, 5.41) is 10.1. The Morgan fingerprint density at radius 1 is 1.29 bits per heavy atom. The molecule has 0 fully saturated rings. The van der Waals surface area contributed by atoms with Gasteiger partial charge in [-0.2, -0.15) is 0 Å². The van der Waals surface area contributed by atoms with Crippen molar-refractivity contribution in [2.24, 2.45) is 0 Å². The molecule has 1 N–H and O–H groups in total. The third kappa shape index (κ3) is 2.39. The molecule has 0 bridgehead atoms. The number of hydrogen-bond donors (Lipinski definition) is 1. The van der Waals surface area contributed by atoms with Gasteiger partial charge in [-0.05, 0) is 18.2 Å². The fraction of sp³-hybridized carbons (Fsp3) is 0.167. The molecule has 1 aromatic carbocycles. The number of benzene rings is 1. The van der Waals surface area contributed by atoms with E-state index in [4.69, 9.17) is 4.74 Å². The number of nitrogens with zero attached hydrogens (tertiary/aromatic N) is 2. The van der Waals surface area contributed by atoms with E-state index in [0.717, 1.165) is 0 Å². The van der Waals surface area contributed by atoms with Crippen LogP contribution in [0.1, 0.15) is 17.5 Å². The van der Waals surface area contributed by atoms with Crippen LogP contribution in [0.25, 0.3) is 0 Å². The standard InChI is InChI=1S/C12H11FN2O2/c1-17-10-7-8(13)3-4-9(10)11(16)12-14-5-2-6-15-12/h2-7,11,16H,1H3. The van der Waals surface area contributed by atoms with Gasteiger partial charge in [0.1, 0.15) is 17.7 Å². The van der Waals surface area contributed by atoms with Crippen molar-refractivity contribution in [3.8, 4) is 5.75 Å². The van der Waals surface area contributed by atoms with E-state index in [1.54, 1.807) is 6.07 Å². The van der Waals surface area contributed by atoms with Gasteiger partial charge in [-0.15, -0.1) is 0 Å². The molecule has 88 valence electrons. The largest absolute Gasteiger partial charge is 0.496 e. The second-order valence-corrected chi connectivity index (χ2v) is 3.40. The fourth-order valence-electron chi connectivity index (χ4n) is 1.50. The lowest BCUT2D eigenvalue weighted by Crippen LogP contribution is -2.06. The minimum absolute atomic E-state index is 0.248. The number of rotatable bonds is 3. The van der Waals surface area contributed by atoms with Crippen LogP contribution >= 0.6 is 0 Å². The SMILES string of the molecule is COc1cc(F)ccc1C(O)c1ncccn1. The maximum absolute atomic E-state index is 13.0. The highest BCUT2D eigenvalue weighted by molar-refractivity contribution is 5.38. The Bertz CT molecular complexity index is 505. The fourth-order valence-corrected chi connectivity index (χ4v) is 1.50. The Morgan fingerprint density at radius 2 is 2.00 bits per heavy atom. The Balaban J connectivity index is 2.40. The van der Waals surface area contributed by atoms with Crippen LogP contribution in [0.3, 0.4) is 0 Å². The zero-order valence-corrected chi connectivity index (χ0v) is 9.17. The minimum atomic E-state index is -1.04. The van der Waals surface area contributed by atoms with Gasteiger partial charge >= 0.3 is 0 Å². The maximum atomic E-state index is 13.0. The summed E-state index contributed by atoms with van der Waals surface area (Å²) < 4.78 is 18.0. The Morgan fingerprint density at radius 3 is 2.65 bits per heavy atom. The van der Waals surface area contributed by atoms with Crippen molar-refractivity contribution in [3.05, 3.63) is 53.9 Å². The number of hydrogen-bond acceptors (Lipinski definition) is 4. The molecule has 2 rings (SSSR count). The summed E-state index contributed by atoms with van der Waals surface area (Å²) in [4.78, 5) is 7.88. The van der Waals surface area contributed by atoms with Gasteiger partial charge in [0, 0.05) is 24.0 Å². The average molecular weight is 234 g/mol. The van der Waals surface area contributed by atoms with Crippen LogP contribution in [0.2, 0.25) is 0 Å². The molecule has 1 heterocycles. The summed E-state index contributed by atoms with van der Waals surface area (Å²) in [6.45, 7) is 0. The zero-order valence-electron chi connectivity index (χ0n) is 9.17. The van der Waals surface area contributed by atoms with Gasteiger partial charge < -0.3 is 9.84 Å². The molecular formula is C12H11FN2O2. The molecule has 0 spiro atoms. The lowest BCUT2D eigenvalue weighted by Gasteiger charge is -2.13. The topological polar surface area (TPSA) is 55.2 Å². The van der Waals surface area contributed by atoms with E-state index >= 15 is 0 Å². The number of aromatic nitrogens is 2. The van der Waals surface area contributed by atoms with E-state index in [2.05, 4.69) is 9.97 Å². The molecule has 0 aliphatic carbocycles. The molecule has 0 aliphatic rings. The van der Waals surface area contributed by atoms with Crippen LogP contribution in [0.4, 0.5) is 4.39 Å². The van der Waals surface area contributed by atoms with Crippen LogP contribution < -0.4 is 4.74 Å². The van der Waals surface area contributed by atoms with E-state index in [1.165, 1.54) is 37.7 Å². The first-order valence-corrected chi connectivity index (χ1v) is 5.01. The minimum Gasteiger partial charge on any atom is -0.496 e. The number of ether oxygens (including phenoxy) is 1. The van der Waals surface area contributed by atoms with Gasteiger partial charge in [-0.3, -0.25) is 0 Å². The van der Waals surface area contributed by atoms with Crippen molar-refractivity contribution in [1.29, 1.82) is 0 Å². The van der Waals surface area contributed by atoms with Crippen LogP contribution in [-0.2, 0) is 0 Å². The third-order valence-corrected chi connectivity index (χ3v) is 2.32. The first-order valence-electron chi connectivity index (χ1n) is 5.01. The van der Waals surface area contributed by atoms with Crippen LogP contribution in [0, 0.1) is 5.82 Å². The van der Waals surface area contributed by atoms with E-state index in [-0.39, 0.29) is 11.6 Å². The maximum Gasteiger partial charge on any atom is 0.161 e. The van der Waals surface area contributed by atoms with Crippen molar-refractivity contribution in [2.75, 3.05) is 7.11 Å². The molecule has 1 aromatic heterocycles. The predicted molar refractivity (Wildman–Crippen MR) is 59.0 cm³/mol. The number of aliphatic hydroxyl groups excluding tert-OH is 1. The van der Waals surface area contributed by atoms with Crippen molar-refractivity contribution < 1.29 is 14.2 Å². The number of halogens is 1. The molecule has 0 aliphatic heterocycles. The molecule has 1 atom stereocenters. The summed E-state index contributed by atoms with van der Waals surface area (Å²) in [5.41, 5.74) is 0.431. The number of aliphatic hydroxyl groups is 1. The van der Waals surface area contributed by atoms with E-state index in [9.17, 15) is 9.50 Å². The molecule has 0 amide bonds. The second-order valence-electron chi connectivity index (χ2n) is 3.40. The molecule has 2 aromatic rings. The van der Waals surface area contributed by atoms with Crippen molar-refractivity contribution in [1.82, 2.24) is 9.97 Å². The Labute approximate surface area is 97.7 Å².